The Morgan fingerprint density at radius 3 is 2.41 bits per heavy atom. The third-order valence-corrected chi connectivity index (χ3v) is 5.71. The van der Waals surface area contributed by atoms with Crippen molar-refractivity contribution in [1.82, 2.24) is 14.8 Å². The lowest BCUT2D eigenvalue weighted by molar-refractivity contribution is -0.384. The zero-order chi connectivity index (χ0) is 22.5. The first-order valence-corrected chi connectivity index (χ1v) is 10.8. The monoisotopic (exact) mass is 465 g/mol. The predicted octanol–water partition coefficient (Wildman–Crippen LogP) is 5.23. The molecule has 4 rings (SSSR count). The molecule has 0 unspecified atom stereocenters. The highest BCUT2D eigenvalue weighted by Gasteiger charge is 2.18. The summed E-state index contributed by atoms with van der Waals surface area (Å²) in [6.07, 6.45) is 0. The van der Waals surface area contributed by atoms with Crippen molar-refractivity contribution in [3.8, 4) is 17.1 Å². The number of anilines is 1. The Balaban J connectivity index is 1.56. The van der Waals surface area contributed by atoms with Crippen LogP contribution in [-0.4, -0.2) is 31.3 Å². The number of non-ortho nitro benzene ring substituents is 1. The standard InChI is InChI=1S/C22H16ClN5O3S/c23-18-12-11-17(28(30)31)13-19(18)24-20(29)14-32-22-26-25-21(15-7-3-1-4-8-15)27(22)16-9-5-2-6-10-16/h1-13H,14H2,(H,24,29). The maximum Gasteiger partial charge on any atom is 0.271 e. The van der Waals surface area contributed by atoms with Crippen molar-refractivity contribution in [3.63, 3.8) is 0 Å². The Kier molecular flexibility index (Phi) is 6.48. The summed E-state index contributed by atoms with van der Waals surface area (Å²) in [5, 5.41) is 23.0. The van der Waals surface area contributed by atoms with Gasteiger partial charge in [-0.15, -0.1) is 10.2 Å². The van der Waals surface area contributed by atoms with E-state index < -0.39 is 4.92 Å². The van der Waals surface area contributed by atoms with Crippen LogP contribution in [0.25, 0.3) is 17.1 Å². The summed E-state index contributed by atoms with van der Waals surface area (Å²) in [5.74, 6) is 0.293. The number of nitro benzene ring substituents is 1. The lowest BCUT2D eigenvalue weighted by Crippen LogP contribution is -2.15. The first-order valence-electron chi connectivity index (χ1n) is 9.46. The maximum atomic E-state index is 12.5. The number of nitrogens with one attached hydrogen (secondary N) is 1. The molecule has 0 aliphatic carbocycles. The molecule has 1 heterocycles. The Morgan fingerprint density at radius 2 is 1.72 bits per heavy atom. The van der Waals surface area contributed by atoms with Gasteiger partial charge in [0.25, 0.3) is 5.69 Å². The van der Waals surface area contributed by atoms with Crippen molar-refractivity contribution in [1.29, 1.82) is 0 Å². The van der Waals surface area contributed by atoms with Gasteiger partial charge in [-0.2, -0.15) is 0 Å². The van der Waals surface area contributed by atoms with E-state index in [0.717, 1.165) is 11.3 Å². The van der Waals surface area contributed by atoms with Gasteiger partial charge in [0.1, 0.15) is 0 Å². The Hall–Kier alpha value is -3.69. The molecule has 0 spiro atoms. The molecule has 32 heavy (non-hydrogen) atoms. The fraction of sp³-hybridized carbons (Fsp3) is 0.0455. The first kappa shape index (κ1) is 21.5. The number of thioether (sulfide) groups is 1. The lowest BCUT2D eigenvalue weighted by atomic mass is 10.2. The number of amides is 1. The van der Waals surface area contributed by atoms with Crippen LogP contribution in [0.1, 0.15) is 0 Å². The quantitative estimate of drug-likeness (QED) is 0.228. The molecule has 160 valence electrons. The topological polar surface area (TPSA) is 103 Å². The molecule has 0 aliphatic rings. The average Bonchev–Trinajstić information content (AvgIpc) is 3.24. The molecule has 1 amide bonds. The molecular formula is C22H16ClN5O3S. The number of para-hydroxylation sites is 1. The highest BCUT2D eigenvalue weighted by Crippen LogP contribution is 2.29. The van der Waals surface area contributed by atoms with Crippen molar-refractivity contribution in [2.24, 2.45) is 0 Å². The van der Waals surface area contributed by atoms with E-state index in [1.165, 1.54) is 30.0 Å². The van der Waals surface area contributed by atoms with E-state index in [1.807, 2.05) is 65.2 Å². The van der Waals surface area contributed by atoms with Gasteiger partial charge in [0.05, 0.1) is 21.4 Å². The SMILES string of the molecule is O=C(CSc1nnc(-c2ccccc2)n1-c1ccccc1)Nc1cc([N+](=O)[O-])ccc1Cl. The molecule has 3 aromatic carbocycles. The highest BCUT2D eigenvalue weighted by molar-refractivity contribution is 7.99. The van der Waals surface area contributed by atoms with E-state index in [9.17, 15) is 14.9 Å². The number of carbonyl (C=O) groups is 1. The fourth-order valence-electron chi connectivity index (χ4n) is 2.99. The third kappa shape index (κ3) is 4.79. The summed E-state index contributed by atoms with van der Waals surface area (Å²) in [6, 6.07) is 23.1. The summed E-state index contributed by atoms with van der Waals surface area (Å²) in [4.78, 5) is 23.0. The van der Waals surface area contributed by atoms with Crippen LogP contribution >= 0.6 is 23.4 Å². The minimum Gasteiger partial charge on any atom is -0.324 e. The number of halogens is 1. The van der Waals surface area contributed by atoms with Gasteiger partial charge >= 0.3 is 0 Å². The number of hydrogen-bond donors (Lipinski definition) is 1. The molecule has 0 aliphatic heterocycles. The maximum absolute atomic E-state index is 12.5. The van der Waals surface area contributed by atoms with E-state index in [-0.39, 0.29) is 28.1 Å². The number of nitrogens with zero attached hydrogens (tertiary/aromatic N) is 4. The van der Waals surface area contributed by atoms with Crippen molar-refractivity contribution in [2.75, 3.05) is 11.1 Å². The van der Waals surface area contributed by atoms with E-state index in [2.05, 4.69) is 15.5 Å². The molecule has 0 bridgehead atoms. The smallest absolute Gasteiger partial charge is 0.271 e. The van der Waals surface area contributed by atoms with Crippen molar-refractivity contribution in [2.45, 2.75) is 5.16 Å². The third-order valence-electron chi connectivity index (χ3n) is 4.45. The second kappa shape index (κ2) is 9.63. The minimum atomic E-state index is -0.547. The molecule has 10 heteroatoms. The van der Waals surface area contributed by atoms with Crippen LogP contribution in [0.3, 0.4) is 0 Å². The Bertz CT molecular complexity index is 1270. The van der Waals surface area contributed by atoms with Gasteiger partial charge in [0.15, 0.2) is 11.0 Å². The number of aromatic nitrogens is 3. The van der Waals surface area contributed by atoms with Gasteiger partial charge in [-0.3, -0.25) is 19.5 Å². The summed E-state index contributed by atoms with van der Waals surface area (Å²) in [6.45, 7) is 0. The molecule has 4 aromatic rings. The first-order chi connectivity index (χ1) is 15.5. The lowest BCUT2D eigenvalue weighted by Gasteiger charge is -2.10. The normalized spacial score (nSPS) is 10.7. The zero-order valence-corrected chi connectivity index (χ0v) is 18.1. The number of benzene rings is 3. The van der Waals surface area contributed by atoms with Crippen LogP contribution in [0.15, 0.2) is 84.0 Å². The number of nitro groups is 1. The van der Waals surface area contributed by atoms with Crippen molar-refractivity contribution in [3.05, 3.63) is 94.0 Å². The van der Waals surface area contributed by atoms with Crippen molar-refractivity contribution < 1.29 is 9.72 Å². The molecule has 1 aromatic heterocycles. The van der Waals surface area contributed by atoms with Crippen LogP contribution in [0, 0.1) is 10.1 Å². The number of hydrogen-bond acceptors (Lipinski definition) is 6. The molecule has 0 saturated carbocycles. The van der Waals surface area contributed by atoms with Crippen molar-refractivity contribution >= 4 is 40.6 Å². The highest BCUT2D eigenvalue weighted by atomic mass is 35.5. The van der Waals surface area contributed by atoms with Gasteiger partial charge in [-0.25, -0.2) is 0 Å². The van der Waals surface area contributed by atoms with E-state index in [1.54, 1.807) is 0 Å². The van der Waals surface area contributed by atoms with Gasteiger partial charge in [0, 0.05) is 23.4 Å². The second-order valence-electron chi connectivity index (χ2n) is 6.60. The van der Waals surface area contributed by atoms with E-state index in [4.69, 9.17) is 11.6 Å². The second-order valence-corrected chi connectivity index (χ2v) is 7.95. The molecule has 0 fully saturated rings. The van der Waals surface area contributed by atoms with E-state index in [0.29, 0.717) is 11.0 Å². The molecule has 0 radical (unpaired) electrons. The molecule has 8 nitrogen and oxygen atoms in total. The number of carbonyl (C=O) groups excluding carboxylic acids is 1. The van der Waals surface area contributed by atoms with Crippen LogP contribution in [0.2, 0.25) is 5.02 Å². The zero-order valence-electron chi connectivity index (χ0n) is 16.5. The molecule has 1 N–H and O–H groups in total. The van der Waals surface area contributed by atoms with Gasteiger partial charge in [-0.05, 0) is 18.2 Å². The Labute approximate surface area is 192 Å². The van der Waals surface area contributed by atoms with Gasteiger partial charge in [0.2, 0.25) is 5.91 Å². The van der Waals surface area contributed by atoms with Crippen LogP contribution < -0.4 is 5.32 Å². The minimum absolute atomic E-state index is 0.0127. The summed E-state index contributed by atoms with van der Waals surface area (Å²) in [7, 11) is 0. The largest absolute Gasteiger partial charge is 0.324 e. The predicted molar refractivity (Wildman–Crippen MR) is 124 cm³/mol. The summed E-state index contributed by atoms with van der Waals surface area (Å²) in [5.41, 5.74) is 1.78. The summed E-state index contributed by atoms with van der Waals surface area (Å²) < 4.78 is 1.88. The average molecular weight is 466 g/mol. The van der Waals surface area contributed by atoms with Gasteiger partial charge < -0.3 is 5.32 Å². The van der Waals surface area contributed by atoms with E-state index >= 15 is 0 Å². The van der Waals surface area contributed by atoms with Gasteiger partial charge in [-0.1, -0.05) is 71.9 Å². The molecular weight excluding hydrogens is 450 g/mol. The molecule has 0 atom stereocenters. The van der Waals surface area contributed by atoms with Crippen LogP contribution in [-0.2, 0) is 4.79 Å². The number of rotatable bonds is 7. The fourth-order valence-corrected chi connectivity index (χ4v) is 3.90. The summed E-state index contributed by atoms with van der Waals surface area (Å²) >= 11 is 7.27. The molecule has 0 saturated heterocycles. The Morgan fingerprint density at radius 1 is 1.03 bits per heavy atom. The van der Waals surface area contributed by atoms with Crippen LogP contribution in [0.5, 0.6) is 0 Å². The van der Waals surface area contributed by atoms with Crippen LogP contribution in [0.4, 0.5) is 11.4 Å².